The molecule has 0 atom stereocenters. The molecular formula is C15H21FN2. The third-order valence-corrected chi connectivity index (χ3v) is 4.38. The lowest BCUT2D eigenvalue weighted by Gasteiger charge is -2.40. The summed E-state index contributed by atoms with van der Waals surface area (Å²) >= 11 is 0. The maximum absolute atomic E-state index is 14.1. The first-order valence-corrected chi connectivity index (χ1v) is 6.75. The lowest BCUT2D eigenvalue weighted by molar-refractivity contribution is 0.447. The predicted octanol–water partition coefficient (Wildman–Crippen LogP) is 2.79. The van der Waals surface area contributed by atoms with Crippen molar-refractivity contribution < 1.29 is 4.39 Å². The Kier molecular flexibility index (Phi) is 2.63. The minimum absolute atomic E-state index is 0.0473. The summed E-state index contributed by atoms with van der Waals surface area (Å²) in [7, 11) is 0. The Morgan fingerprint density at radius 3 is 2.56 bits per heavy atom. The van der Waals surface area contributed by atoms with Gasteiger partial charge in [-0.15, -0.1) is 0 Å². The molecule has 0 amide bonds. The van der Waals surface area contributed by atoms with Crippen LogP contribution < -0.4 is 10.2 Å². The second-order valence-electron chi connectivity index (χ2n) is 6.45. The van der Waals surface area contributed by atoms with E-state index in [1.807, 2.05) is 12.1 Å². The molecule has 1 aromatic rings. The Morgan fingerprint density at radius 1 is 1.17 bits per heavy atom. The number of benzene rings is 1. The highest BCUT2D eigenvalue weighted by Crippen LogP contribution is 2.48. The first kappa shape index (κ1) is 12.0. The first-order valence-electron chi connectivity index (χ1n) is 6.75. The van der Waals surface area contributed by atoms with Gasteiger partial charge in [-0.2, -0.15) is 0 Å². The number of anilines is 1. The molecule has 1 heterocycles. The summed E-state index contributed by atoms with van der Waals surface area (Å²) < 4.78 is 14.1. The van der Waals surface area contributed by atoms with Crippen molar-refractivity contribution in [3.8, 4) is 0 Å². The van der Waals surface area contributed by atoms with E-state index >= 15 is 0 Å². The lowest BCUT2D eigenvalue weighted by atomic mass is 10.00. The maximum Gasteiger partial charge on any atom is 0.146 e. The molecule has 3 rings (SSSR count). The Labute approximate surface area is 108 Å². The number of hydrogen-bond donors (Lipinski definition) is 1. The van der Waals surface area contributed by atoms with Crippen LogP contribution in [-0.2, 0) is 0 Å². The van der Waals surface area contributed by atoms with Gasteiger partial charge in [0, 0.05) is 30.6 Å². The summed E-state index contributed by atoms with van der Waals surface area (Å²) in [5, 5.41) is 3.55. The van der Waals surface area contributed by atoms with Crippen LogP contribution in [0.5, 0.6) is 0 Å². The van der Waals surface area contributed by atoms with Crippen LogP contribution in [0.25, 0.3) is 0 Å². The lowest BCUT2D eigenvalue weighted by Crippen LogP contribution is -2.49. The quantitative estimate of drug-likeness (QED) is 0.822. The highest BCUT2D eigenvalue weighted by Gasteiger charge is 2.48. The van der Waals surface area contributed by atoms with Gasteiger partial charge in [-0.3, -0.25) is 0 Å². The van der Waals surface area contributed by atoms with Crippen molar-refractivity contribution in [2.75, 3.05) is 24.5 Å². The summed E-state index contributed by atoms with van der Waals surface area (Å²) in [5.41, 5.74) is 1.09. The highest BCUT2D eigenvalue weighted by molar-refractivity contribution is 5.51. The summed E-state index contributed by atoms with van der Waals surface area (Å²) in [5.74, 6) is -0.108. The predicted molar refractivity (Wildman–Crippen MR) is 72.4 cm³/mol. The molecule has 0 aromatic heterocycles. The minimum Gasteiger partial charge on any atom is -0.362 e. The van der Waals surface area contributed by atoms with E-state index in [2.05, 4.69) is 24.1 Å². The largest absolute Gasteiger partial charge is 0.362 e. The van der Waals surface area contributed by atoms with Gasteiger partial charge in [-0.1, -0.05) is 12.1 Å². The molecule has 2 fully saturated rings. The Balaban J connectivity index is 1.98. The highest BCUT2D eigenvalue weighted by atomic mass is 19.1. The van der Waals surface area contributed by atoms with Gasteiger partial charge in [0.15, 0.2) is 0 Å². The molecule has 1 N–H and O–H groups in total. The van der Waals surface area contributed by atoms with Gasteiger partial charge in [-0.25, -0.2) is 4.39 Å². The van der Waals surface area contributed by atoms with Crippen LogP contribution >= 0.6 is 0 Å². The molecule has 2 nitrogen and oxygen atoms in total. The van der Waals surface area contributed by atoms with Gasteiger partial charge in [0.1, 0.15) is 5.82 Å². The Bertz CT molecular complexity index is 452. The van der Waals surface area contributed by atoms with Crippen molar-refractivity contribution in [2.24, 2.45) is 5.41 Å². The average molecular weight is 248 g/mol. The summed E-state index contributed by atoms with van der Waals surface area (Å²) in [6, 6.07) is 7.14. The van der Waals surface area contributed by atoms with Crippen molar-refractivity contribution in [3.63, 3.8) is 0 Å². The molecule has 1 aromatic carbocycles. The molecule has 2 aliphatic rings. The van der Waals surface area contributed by atoms with Gasteiger partial charge in [0.2, 0.25) is 0 Å². The second-order valence-corrected chi connectivity index (χ2v) is 6.45. The molecule has 1 aliphatic carbocycles. The molecule has 0 unspecified atom stereocenters. The second kappa shape index (κ2) is 3.95. The monoisotopic (exact) mass is 248 g/mol. The van der Waals surface area contributed by atoms with Gasteiger partial charge >= 0.3 is 0 Å². The number of para-hydroxylation sites is 1. The van der Waals surface area contributed by atoms with E-state index in [0.29, 0.717) is 5.41 Å². The Hall–Kier alpha value is -1.09. The number of halogens is 1. The summed E-state index contributed by atoms with van der Waals surface area (Å²) in [4.78, 5) is 2.26. The van der Waals surface area contributed by atoms with Gasteiger partial charge in [0.25, 0.3) is 0 Å². The number of rotatable bonds is 1. The molecule has 1 spiro atoms. The fraction of sp³-hybridized carbons (Fsp3) is 0.600. The van der Waals surface area contributed by atoms with Gasteiger partial charge in [0.05, 0.1) is 5.69 Å². The van der Waals surface area contributed by atoms with Crippen LogP contribution in [0.15, 0.2) is 24.3 Å². The smallest absolute Gasteiger partial charge is 0.146 e. The molecular weight excluding hydrogens is 227 g/mol. The van der Waals surface area contributed by atoms with E-state index in [1.54, 1.807) is 12.1 Å². The zero-order valence-electron chi connectivity index (χ0n) is 11.2. The number of nitrogens with one attached hydrogen (secondary N) is 1. The normalized spacial score (nSPS) is 24.9. The topological polar surface area (TPSA) is 15.3 Å². The van der Waals surface area contributed by atoms with E-state index in [-0.39, 0.29) is 11.4 Å². The third-order valence-electron chi connectivity index (χ3n) is 4.38. The van der Waals surface area contributed by atoms with Crippen molar-refractivity contribution in [3.05, 3.63) is 30.1 Å². The molecule has 98 valence electrons. The fourth-order valence-electron chi connectivity index (χ4n) is 2.93. The zero-order valence-corrected chi connectivity index (χ0v) is 11.2. The van der Waals surface area contributed by atoms with Crippen LogP contribution in [0, 0.1) is 11.2 Å². The standard InChI is InChI=1S/C15H21FN2/c1-14(2)9-17-10-15(7-8-15)11-18(14)13-6-4-3-5-12(13)16/h3-6,17H,7-11H2,1-2H3. The SMILES string of the molecule is CC1(C)CNCC2(CC2)CN1c1ccccc1F. The van der Waals surface area contributed by atoms with E-state index in [1.165, 1.54) is 12.8 Å². The minimum atomic E-state index is -0.108. The van der Waals surface area contributed by atoms with E-state index in [0.717, 1.165) is 25.3 Å². The average Bonchev–Trinajstić information content (AvgIpc) is 3.08. The van der Waals surface area contributed by atoms with Crippen LogP contribution in [0.4, 0.5) is 10.1 Å². The van der Waals surface area contributed by atoms with E-state index in [9.17, 15) is 4.39 Å². The van der Waals surface area contributed by atoms with E-state index < -0.39 is 0 Å². The molecule has 0 radical (unpaired) electrons. The number of nitrogens with zero attached hydrogens (tertiary/aromatic N) is 1. The molecule has 1 saturated carbocycles. The fourth-order valence-corrected chi connectivity index (χ4v) is 2.93. The van der Waals surface area contributed by atoms with Crippen LogP contribution in [-0.4, -0.2) is 25.2 Å². The Morgan fingerprint density at radius 2 is 1.89 bits per heavy atom. The molecule has 1 saturated heterocycles. The van der Waals surface area contributed by atoms with Crippen LogP contribution in [0.3, 0.4) is 0 Å². The molecule has 3 heteroatoms. The van der Waals surface area contributed by atoms with Gasteiger partial charge < -0.3 is 10.2 Å². The molecule has 18 heavy (non-hydrogen) atoms. The summed E-state index contributed by atoms with van der Waals surface area (Å²) in [6.07, 6.45) is 2.53. The van der Waals surface area contributed by atoms with Crippen LogP contribution in [0.1, 0.15) is 26.7 Å². The first-order chi connectivity index (χ1) is 8.53. The number of hydrogen-bond acceptors (Lipinski definition) is 2. The van der Waals surface area contributed by atoms with Gasteiger partial charge in [-0.05, 0) is 38.8 Å². The van der Waals surface area contributed by atoms with Crippen molar-refractivity contribution in [2.45, 2.75) is 32.2 Å². The third kappa shape index (κ3) is 2.01. The maximum atomic E-state index is 14.1. The summed E-state index contributed by atoms with van der Waals surface area (Å²) in [6.45, 7) is 7.32. The molecule has 0 bridgehead atoms. The van der Waals surface area contributed by atoms with Crippen molar-refractivity contribution >= 4 is 5.69 Å². The molecule has 1 aliphatic heterocycles. The van der Waals surface area contributed by atoms with Crippen LogP contribution in [0.2, 0.25) is 0 Å². The zero-order chi connectivity index (χ0) is 12.8. The van der Waals surface area contributed by atoms with Crippen molar-refractivity contribution in [1.82, 2.24) is 5.32 Å². The van der Waals surface area contributed by atoms with E-state index in [4.69, 9.17) is 0 Å². The van der Waals surface area contributed by atoms with Crippen molar-refractivity contribution in [1.29, 1.82) is 0 Å².